The minimum Gasteiger partial charge on any atom is -0.381 e. The lowest BCUT2D eigenvalue weighted by molar-refractivity contribution is -0.0334. The van der Waals surface area contributed by atoms with Gasteiger partial charge >= 0.3 is 0 Å². The van der Waals surface area contributed by atoms with Gasteiger partial charge in [0.1, 0.15) is 0 Å². The van der Waals surface area contributed by atoms with Crippen LogP contribution < -0.4 is 5.32 Å². The summed E-state index contributed by atoms with van der Waals surface area (Å²) in [6.45, 7) is 12.4. The molecule has 2 rings (SSSR count). The minimum atomic E-state index is 0.347. The van der Waals surface area contributed by atoms with Crippen LogP contribution in [-0.2, 0) is 4.74 Å². The van der Waals surface area contributed by atoms with E-state index in [9.17, 15) is 0 Å². The van der Waals surface area contributed by atoms with E-state index in [1.54, 1.807) is 0 Å². The molecule has 1 N–H and O–H groups in total. The van der Waals surface area contributed by atoms with Gasteiger partial charge in [-0.2, -0.15) is 0 Å². The zero-order chi connectivity index (χ0) is 14.4. The maximum Gasteiger partial charge on any atom is 0.0546 e. The lowest BCUT2D eigenvalue weighted by Crippen LogP contribution is -2.51. The van der Waals surface area contributed by atoms with E-state index in [1.165, 1.54) is 45.1 Å². The minimum absolute atomic E-state index is 0.347. The Hall–Kier alpha value is -0.120. The summed E-state index contributed by atoms with van der Waals surface area (Å²) in [5.41, 5.74) is 0.347. The molecule has 2 aliphatic rings. The molecular weight excluding hydrogens is 248 g/mol. The van der Waals surface area contributed by atoms with Crippen LogP contribution in [0.5, 0.6) is 0 Å². The SMILES string of the molecule is CCCNCC1(CN2C(C)CCC2CC)CCCOC1. The number of nitrogens with one attached hydrogen (secondary N) is 1. The molecule has 0 spiro atoms. The van der Waals surface area contributed by atoms with Crippen LogP contribution in [0.3, 0.4) is 0 Å². The molecular formula is C17H34N2O. The summed E-state index contributed by atoms with van der Waals surface area (Å²) in [5.74, 6) is 0. The first-order valence-electron chi connectivity index (χ1n) is 8.75. The van der Waals surface area contributed by atoms with Gasteiger partial charge in [-0.3, -0.25) is 4.90 Å². The van der Waals surface area contributed by atoms with Crippen molar-refractivity contribution in [1.29, 1.82) is 0 Å². The Balaban J connectivity index is 1.98. The number of likely N-dealkylation sites (tertiary alicyclic amines) is 1. The van der Waals surface area contributed by atoms with Gasteiger partial charge in [0.2, 0.25) is 0 Å². The van der Waals surface area contributed by atoms with Crippen molar-refractivity contribution in [3.8, 4) is 0 Å². The molecule has 0 amide bonds. The molecule has 0 bridgehead atoms. The van der Waals surface area contributed by atoms with Crippen molar-refractivity contribution in [3.63, 3.8) is 0 Å². The molecule has 3 nitrogen and oxygen atoms in total. The van der Waals surface area contributed by atoms with Crippen LogP contribution in [0.2, 0.25) is 0 Å². The van der Waals surface area contributed by atoms with E-state index in [0.29, 0.717) is 5.41 Å². The van der Waals surface area contributed by atoms with Crippen LogP contribution in [0.25, 0.3) is 0 Å². The highest BCUT2D eigenvalue weighted by Gasteiger charge is 2.39. The Bertz CT molecular complexity index is 276. The van der Waals surface area contributed by atoms with Crippen LogP contribution in [0, 0.1) is 5.41 Å². The van der Waals surface area contributed by atoms with Gasteiger partial charge < -0.3 is 10.1 Å². The van der Waals surface area contributed by atoms with E-state index in [0.717, 1.165) is 38.4 Å². The van der Waals surface area contributed by atoms with Crippen LogP contribution in [0.1, 0.15) is 59.3 Å². The number of nitrogens with zero attached hydrogens (tertiary/aromatic N) is 1. The summed E-state index contributed by atoms with van der Waals surface area (Å²) in [7, 11) is 0. The predicted octanol–water partition coefficient (Wildman–Crippen LogP) is 3.05. The molecule has 3 unspecified atom stereocenters. The fourth-order valence-electron chi connectivity index (χ4n) is 4.00. The van der Waals surface area contributed by atoms with Crippen molar-refractivity contribution < 1.29 is 4.74 Å². The van der Waals surface area contributed by atoms with Crippen LogP contribution in [0.4, 0.5) is 0 Å². The van der Waals surface area contributed by atoms with E-state index >= 15 is 0 Å². The molecule has 3 atom stereocenters. The molecule has 118 valence electrons. The maximum absolute atomic E-state index is 5.86. The summed E-state index contributed by atoms with van der Waals surface area (Å²) < 4.78 is 5.86. The Morgan fingerprint density at radius 1 is 1.30 bits per heavy atom. The Labute approximate surface area is 125 Å². The van der Waals surface area contributed by atoms with E-state index in [1.807, 2.05) is 0 Å². The average molecular weight is 282 g/mol. The molecule has 2 heterocycles. The van der Waals surface area contributed by atoms with Gasteiger partial charge in [0.25, 0.3) is 0 Å². The molecule has 0 aromatic heterocycles. The largest absolute Gasteiger partial charge is 0.381 e. The summed E-state index contributed by atoms with van der Waals surface area (Å²) in [6, 6.07) is 1.56. The van der Waals surface area contributed by atoms with E-state index in [4.69, 9.17) is 4.74 Å². The fourth-order valence-corrected chi connectivity index (χ4v) is 4.00. The first-order chi connectivity index (χ1) is 9.71. The average Bonchev–Trinajstić information content (AvgIpc) is 2.81. The third-order valence-electron chi connectivity index (χ3n) is 5.27. The molecule has 2 saturated heterocycles. The second-order valence-electron chi connectivity index (χ2n) is 6.99. The van der Waals surface area contributed by atoms with Gasteiger partial charge in [-0.05, 0) is 52.0 Å². The highest BCUT2D eigenvalue weighted by atomic mass is 16.5. The summed E-state index contributed by atoms with van der Waals surface area (Å²) in [5, 5.41) is 3.66. The monoisotopic (exact) mass is 282 g/mol. The van der Waals surface area contributed by atoms with Gasteiger partial charge in [-0.15, -0.1) is 0 Å². The zero-order valence-electron chi connectivity index (χ0n) is 13.8. The van der Waals surface area contributed by atoms with Crippen LogP contribution in [0.15, 0.2) is 0 Å². The topological polar surface area (TPSA) is 24.5 Å². The van der Waals surface area contributed by atoms with E-state index in [-0.39, 0.29) is 0 Å². The predicted molar refractivity (Wildman–Crippen MR) is 85.1 cm³/mol. The van der Waals surface area contributed by atoms with Crippen molar-refractivity contribution in [1.82, 2.24) is 10.2 Å². The summed E-state index contributed by atoms with van der Waals surface area (Å²) in [6.07, 6.45) is 7.82. The Kier molecular flexibility index (Phi) is 6.31. The lowest BCUT2D eigenvalue weighted by Gasteiger charge is -2.43. The second-order valence-corrected chi connectivity index (χ2v) is 6.99. The maximum atomic E-state index is 5.86. The normalized spacial score (nSPS) is 35.5. The molecule has 20 heavy (non-hydrogen) atoms. The number of rotatable bonds is 7. The molecule has 0 aromatic carbocycles. The lowest BCUT2D eigenvalue weighted by atomic mass is 9.81. The molecule has 3 heteroatoms. The molecule has 0 radical (unpaired) electrons. The first-order valence-corrected chi connectivity index (χ1v) is 8.75. The second kappa shape index (κ2) is 7.77. The smallest absolute Gasteiger partial charge is 0.0546 e. The molecule has 2 fully saturated rings. The van der Waals surface area contributed by atoms with Gasteiger partial charge in [-0.1, -0.05) is 13.8 Å². The third-order valence-corrected chi connectivity index (χ3v) is 5.27. The van der Waals surface area contributed by atoms with Crippen molar-refractivity contribution >= 4 is 0 Å². The van der Waals surface area contributed by atoms with Crippen LogP contribution >= 0.6 is 0 Å². The molecule has 0 saturated carbocycles. The Morgan fingerprint density at radius 2 is 2.15 bits per heavy atom. The third kappa shape index (κ3) is 3.96. The Morgan fingerprint density at radius 3 is 2.80 bits per heavy atom. The fraction of sp³-hybridized carbons (Fsp3) is 1.00. The first kappa shape index (κ1) is 16.3. The van der Waals surface area contributed by atoms with Crippen molar-refractivity contribution in [3.05, 3.63) is 0 Å². The van der Waals surface area contributed by atoms with Crippen molar-refractivity contribution in [2.24, 2.45) is 5.41 Å². The molecule has 0 aromatic rings. The number of ether oxygens (including phenoxy) is 1. The van der Waals surface area contributed by atoms with Gasteiger partial charge in [0.05, 0.1) is 6.61 Å². The quantitative estimate of drug-likeness (QED) is 0.726. The summed E-state index contributed by atoms with van der Waals surface area (Å²) >= 11 is 0. The highest BCUT2D eigenvalue weighted by Crippen LogP contribution is 2.34. The van der Waals surface area contributed by atoms with Crippen molar-refractivity contribution in [2.75, 3.05) is 32.8 Å². The van der Waals surface area contributed by atoms with Gasteiger partial charge in [-0.25, -0.2) is 0 Å². The van der Waals surface area contributed by atoms with Crippen LogP contribution in [-0.4, -0.2) is 49.8 Å². The van der Waals surface area contributed by atoms with E-state index < -0.39 is 0 Å². The van der Waals surface area contributed by atoms with Gasteiger partial charge in [0, 0.05) is 37.2 Å². The standard InChI is InChI=1S/C17H34N2O/c1-4-10-18-12-17(9-6-11-20-14-17)13-19-15(3)7-8-16(19)5-2/h15-16,18H,4-14H2,1-3H3. The number of hydrogen-bond acceptors (Lipinski definition) is 3. The van der Waals surface area contributed by atoms with E-state index in [2.05, 4.69) is 31.0 Å². The molecule has 2 aliphatic heterocycles. The zero-order valence-corrected chi connectivity index (χ0v) is 13.8. The number of hydrogen-bond donors (Lipinski definition) is 1. The van der Waals surface area contributed by atoms with Gasteiger partial charge in [0.15, 0.2) is 0 Å². The van der Waals surface area contributed by atoms with Crippen molar-refractivity contribution in [2.45, 2.75) is 71.4 Å². The summed E-state index contributed by atoms with van der Waals surface area (Å²) in [4.78, 5) is 2.78. The highest BCUT2D eigenvalue weighted by molar-refractivity contribution is 4.93. The molecule has 0 aliphatic carbocycles.